The maximum atomic E-state index is 18.0. The van der Waals surface area contributed by atoms with E-state index in [1.165, 1.54) is 24.3 Å². The summed E-state index contributed by atoms with van der Waals surface area (Å²) in [4.78, 5) is 4.31. The summed E-state index contributed by atoms with van der Waals surface area (Å²) in [7, 11) is 4.02. The first-order valence-corrected chi connectivity index (χ1v) is 20.6. The molecule has 0 atom stereocenters. The summed E-state index contributed by atoms with van der Waals surface area (Å²) in [5.41, 5.74) is 8.30. The number of benzene rings is 2. The third-order valence-corrected chi connectivity index (χ3v) is 19.7. The molecule has 0 N–H and O–H groups in total. The molecule has 0 unspecified atom stereocenters. The number of aromatic nitrogens is 2. The normalized spacial score (nSPS) is 19.3. The van der Waals surface area contributed by atoms with Crippen LogP contribution in [-0.2, 0) is 78.7 Å². The zero-order valence-corrected chi connectivity index (χ0v) is 30.0. The van der Waals surface area contributed by atoms with E-state index < -0.39 is 39.9 Å². The molecule has 6 nitrogen and oxygen atoms in total. The van der Waals surface area contributed by atoms with E-state index in [0.717, 1.165) is 45.0 Å². The summed E-state index contributed by atoms with van der Waals surface area (Å²) >= 11 is -5.11. The number of ether oxygens (including phenoxy) is 2. The number of rotatable bonds is 6. The number of hydrogen-bond acceptors (Lipinski definition) is 4. The summed E-state index contributed by atoms with van der Waals surface area (Å²) in [6.07, 6.45) is 11.9. The molecule has 0 radical (unpaired) electrons. The van der Waals surface area contributed by atoms with Gasteiger partial charge < -0.3 is 0 Å². The average Bonchev–Trinajstić information content (AvgIpc) is 3.95. The van der Waals surface area contributed by atoms with Crippen molar-refractivity contribution in [3.05, 3.63) is 137 Å². The zero-order valence-electron chi connectivity index (χ0n) is 28.5. The number of halogens is 4. The van der Waals surface area contributed by atoms with Crippen LogP contribution in [0.25, 0.3) is 11.4 Å². The van der Waals surface area contributed by atoms with Crippen LogP contribution in [0.3, 0.4) is 0 Å². The molecule has 11 heteroatoms. The summed E-state index contributed by atoms with van der Waals surface area (Å²) in [6.45, 7) is 4.10. The molecule has 0 bridgehead atoms. The predicted molar refractivity (Wildman–Crippen MR) is 182 cm³/mol. The van der Waals surface area contributed by atoms with Crippen LogP contribution in [0.1, 0.15) is 57.9 Å². The molecular formula is C40H36F4N4O2Ti. The van der Waals surface area contributed by atoms with Gasteiger partial charge in [0.25, 0.3) is 0 Å². The fraction of sp³-hybridized carbons (Fsp3) is 0.300. The SMILES string of the molecule is CN1Cc2c3c(n(-c4ccc(F)[c]([Ti]([C]5=CC=CC5)([C]5=CC=CC5)[c]5c(F)ccc(-n6c7c(c8c6CN(C)C8)COC7)c5F)c4F)c2C1)COC3. The Bertz CT molecular complexity index is 2170. The first-order valence-electron chi connectivity index (χ1n) is 17.5. The second kappa shape index (κ2) is 11.6. The molecule has 6 aliphatic rings. The third kappa shape index (κ3) is 4.35. The fourth-order valence-corrected chi connectivity index (χ4v) is 17.9. The van der Waals surface area contributed by atoms with Gasteiger partial charge in [0.05, 0.1) is 0 Å². The Hall–Kier alpha value is -3.77. The fourth-order valence-electron chi connectivity index (χ4n) is 9.70. The van der Waals surface area contributed by atoms with Gasteiger partial charge in [-0.15, -0.1) is 0 Å². The van der Waals surface area contributed by atoms with E-state index in [2.05, 4.69) is 9.80 Å². The number of fused-ring (bicyclic) bond motifs is 6. The van der Waals surface area contributed by atoms with E-state index in [4.69, 9.17) is 9.47 Å². The van der Waals surface area contributed by atoms with Crippen LogP contribution in [-0.4, -0.2) is 33.0 Å². The van der Waals surface area contributed by atoms with E-state index >= 15 is 17.6 Å². The van der Waals surface area contributed by atoms with Gasteiger partial charge in [0.1, 0.15) is 0 Å². The molecular weight excluding hydrogens is 692 g/mol. The summed E-state index contributed by atoms with van der Waals surface area (Å²) < 4.78 is 86.5. The van der Waals surface area contributed by atoms with Crippen molar-refractivity contribution < 1.29 is 43.6 Å². The van der Waals surface area contributed by atoms with Crippen LogP contribution < -0.4 is 7.74 Å². The van der Waals surface area contributed by atoms with Gasteiger partial charge in [-0.3, -0.25) is 0 Å². The molecule has 4 aliphatic heterocycles. The summed E-state index contributed by atoms with van der Waals surface area (Å²) in [5, 5.41) is 0. The van der Waals surface area contributed by atoms with Crippen molar-refractivity contribution >= 4 is 7.74 Å². The van der Waals surface area contributed by atoms with Crippen LogP contribution in [0.5, 0.6) is 0 Å². The number of nitrogens with zero attached hydrogens (tertiary/aromatic N) is 4. The minimum absolute atomic E-state index is 0.191. The first-order chi connectivity index (χ1) is 24.8. The van der Waals surface area contributed by atoms with Crippen molar-refractivity contribution in [3.63, 3.8) is 0 Å². The van der Waals surface area contributed by atoms with Crippen molar-refractivity contribution in [2.24, 2.45) is 0 Å². The predicted octanol–water partition coefficient (Wildman–Crippen LogP) is 6.57. The molecule has 0 amide bonds. The molecule has 51 heavy (non-hydrogen) atoms. The van der Waals surface area contributed by atoms with Crippen molar-refractivity contribution in [2.45, 2.75) is 65.4 Å². The Labute approximate surface area is 296 Å². The molecule has 2 aromatic carbocycles. The number of allylic oxidation sites excluding steroid dienone is 8. The van der Waals surface area contributed by atoms with Crippen molar-refractivity contribution in [2.75, 3.05) is 14.1 Å². The van der Waals surface area contributed by atoms with Crippen molar-refractivity contribution in [1.82, 2.24) is 18.9 Å². The van der Waals surface area contributed by atoms with Gasteiger partial charge in [-0.2, -0.15) is 0 Å². The second-order valence-electron chi connectivity index (χ2n) is 14.6. The summed E-state index contributed by atoms with van der Waals surface area (Å²) in [6, 6.07) is 5.55. The van der Waals surface area contributed by atoms with Crippen LogP contribution in [0.15, 0.2) is 68.5 Å². The Balaban J connectivity index is 1.28. The van der Waals surface area contributed by atoms with Gasteiger partial charge in [0.15, 0.2) is 0 Å². The van der Waals surface area contributed by atoms with Gasteiger partial charge in [-0.1, -0.05) is 0 Å². The van der Waals surface area contributed by atoms with Gasteiger partial charge in [0, 0.05) is 0 Å². The number of hydrogen-bond donors (Lipinski definition) is 0. The Kier molecular flexibility index (Phi) is 7.27. The first kappa shape index (κ1) is 31.9. The third-order valence-electron chi connectivity index (χ3n) is 11.7. The van der Waals surface area contributed by atoms with Crippen LogP contribution in [0.4, 0.5) is 17.6 Å². The Morgan fingerprint density at radius 2 is 1.00 bits per heavy atom. The van der Waals surface area contributed by atoms with Crippen molar-refractivity contribution in [3.8, 4) is 11.4 Å². The maximum absolute atomic E-state index is 18.0. The standard InChI is InChI=1S/2C15H13F2N2O.2C5H5.Ti/c2*1-18-5-10-11-7-20-8-15(11)19(14(10)6-18)13-3-2-9(16)4-12(13)17;2*1-2-4-5-3-1;/h2*2-3H,5-8H2,1H3;2*1-3H,4H2;. The van der Waals surface area contributed by atoms with Gasteiger partial charge in [-0.05, 0) is 0 Å². The van der Waals surface area contributed by atoms with E-state index in [1.807, 2.05) is 59.7 Å². The molecule has 4 aromatic rings. The average molecular weight is 729 g/mol. The van der Waals surface area contributed by atoms with E-state index in [1.54, 1.807) is 0 Å². The molecule has 0 saturated carbocycles. The Morgan fingerprint density at radius 1 is 0.549 bits per heavy atom. The molecule has 2 aromatic heterocycles. The molecule has 0 saturated heterocycles. The monoisotopic (exact) mass is 728 g/mol. The topological polar surface area (TPSA) is 34.8 Å². The van der Waals surface area contributed by atoms with Gasteiger partial charge in [-0.25, -0.2) is 0 Å². The van der Waals surface area contributed by atoms with Gasteiger partial charge >= 0.3 is 298 Å². The molecule has 6 heterocycles. The van der Waals surface area contributed by atoms with E-state index in [-0.39, 0.29) is 19.1 Å². The molecule has 260 valence electrons. The van der Waals surface area contributed by atoms with Crippen LogP contribution in [0, 0.1) is 23.3 Å². The quantitative estimate of drug-likeness (QED) is 0.166. The van der Waals surface area contributed by atoms with Crippen molar-refractivity contribution in [1.29, 1.82) is 0 Å². The van der Waals surface area contributed by atoms with Crippen LogP contribution >= 0.6 is 0 Å². The zero-order chi connectivity index (χ0) is 34.8. The van der Waals surface area contributed by atoms with Crippen LogP contribution in [0.2, 0.25) is 0 Å². The second-order valence-corrected chi connectivity index (χ2v) is 20.5. The minimum atomic E-state index is -5.11. The summed E-state index contributed by atoms with van der Waals surface area (Å²) in [5.74, 6) is -3.10. The van der Waals surface area contributed by atoms with E-state index in [0.29, 0.717) is 73.2 Å². The molecule has 10 rings (SSSR count). The molecule has 0 spiro atoms. The molecule has 0 fully saturated rings. The van der Waals surface area contributed by atoms with E-state index in [9.17, 15) is 0 Å². The molecule has 2 aliphatic carbocycles. The van der Waals surface area contributed by atoms with Gasteiger partial charge in [0.2, 0.25) is 0 Å². The Morgan fingerprint density at radius 3 is 1.41 bits per heavy atom.